The van der Waals surface area contributed by atoms with Gasteiger partial charge in [0.25, 0.3) is 11.8 Å². The van der Waals surface area contributed by atoms with Crippen molar-refractivity contribution in [1.82, 2.24) is 15.5 Å². The maximum absolute atomic E-state index is 13.0. The Bertz CT molecular complexity index is 1110. The molecule has 31 heavy (non-hydrogen) atoms. The van der Waals surface area contributed by atoms with Gasteiger partial charge in [0, 0.05) is 24.1 Å². The molecule has 158 valence electrons. The second-order valence-electron chi connectivity index (χ2n) is 8.39. The quantitative estimate of drug-likeness (QED) is 0.749. The van der Waals surface area contributed by atoms with Gasteiger partial charge in [-0.05, 0) is 60.6 Å². The molecule has 2 atom stereocenters. The van der Waals surface area contributed by atoms with E-state index in [0.717, 1.165) is 24.8 Å². The molecule has 0 bridgehead atoms. The van der Waals surface area contributed by atoms with Crippen molar-refractivity contribution >= 4 is 23.6 Å². The Balaban J connectivity index is 1.33. The van der Waals surface area contributed by atoms with E-state index in [4.69, 9.17) is 0 Å². The fourth-order valence-electron chi connectivity index (χ4n) is 4.86. The third-order valence-electron chi connectivity index (χ3n) is 6.46. The molecule has 1 aliphatic carbocycles. The molecule has 2 heterocycles. The first kappa shape index (κ1) is 19.5. The van der Waals surface area contributed by atoms with E-state index in [9.17, 15) is 19.2 Å². The summed E-state index contributed by atoms with van der Waals surface area (Å²) in [5, 5.41) is 5.44. The summed E-state index contributed by atoms with van der Waals surface area (Å²) in [4.78, 5) is 50.9. The van der Waals surface area contributed by atoms with Gasteiger partial charge in [0.1, 0.15) is 6.04 Å². The summed E-state index contributed by atoms with van der Waals surface area (Å²) in [7, 11) is 0. The van der Waals surface area contributed by atoms with Gasteiger partial charge < -0.3 is 10.2 Å². The lowest BCUT2D eigenvalue weighted by molar-refractivity contribution is -0.136. The summed E-state index contributed by atoms with van der Waals surface area (Å²) in [5.41, 5.74) is 4.18. The predicted octanol–water partition coefficient (Wildman–Crippen LogP) is 2.25. The summed E-state index contributed by atoms with van der Waals surface area (Å²) < 4.78 is 0. The molecule has 1 unspecified atom stereocenters. The van der Waals surface area contributed by atoms with Gasteiger partial charge in [-0.2, -0.15) is 0 Å². The van der Waals surface area contributed by atoms with Crippen LogP contribution in [0.15, 0.2) is 42.5 Å². The van der Waals surface area contributed by atoms with Crippen LogP contribution in [0.1, 0.15) is 69.1 Å². The summed E-state index contributed by atoms with van der Waals surface area (Å²) in [6.45, 7) is 0.258. The van der Waals surface area contributed by atoms with E-state index in [1.165, 1.54) is 16.0 Å². The van der Waals surface area contributed by atoms with Crippen LogP contribution in [-0.2, 0) is 22.6 Å². The largest absolute Gasteiger partial charge is 0.345 e. The Labute approximate surface area is 179 Å². The van der Waals surface area contributed by atoms with Gasteiger partial charge in [0.15, 0.2) is 0 Å². The standard InChI is InChI=1S/C24H23N3O4/c28-21-11-10-20(23(30)26-21)27-13-16-12-15(8-9-18(16)24(27)31)22(29)25-19-7-3-5-14-4-1-2-6-17(14)19/h1-2,4,6,8-9,12,19-20H,3,5,7,10-11,13H2,(H,25,29)(H,26,28,30)/t19-,20?/m1/s1. The minimum absolute atomic E-state index is 0.0210. The third-order valence-corrected chi connectivity index (χ3v) is 6.46. The van der Waals surface area contributed by atoms with Crippen molar-refractivity contribution in [3.8, 4) is 0 Å². The van der Waals surface area contributed by atoms with Gasteiger partial charge >= 0.3 is 0 Å². The molecular weight excluding hydrogens is 394 g/mol. The number of hydrogen-bond acceptors (Lipinski definition) is 4. The minimum Gasteiger partial charge on any atom is -0.345 e. The number of piperidine rings is 1. The maximum Gasteiger partial charge on any atom is 0.255 e. The topological polar surface area (TPSA) is 95.6 Å². The number of rotatable bonds is 3. The van der Waals surface area contributed by atoms with Gasteiger partial charge in [0.05, 0.1) is 6.04 Å². The average molecular weight is 417 g/mol. The number of aryl methyl sites for hydroxylation is 1. The second kappa shape index (κ2) is 7.65. The van der Waals surface area contributed by atoms with Crippen LogP contribution in [0.5, 0.6) is 0 Å². The number of carbonyl (C=O) groups excluding carboxylic acids is 4. The van der Waals surface area contributed by atoms with Crippen molar-refractivity contribution in [3.63, 3.8) is 0 Å². The number of amides is 4. The first-order valence-corrected chi connectivity index (χ1v) is 10.7. The number of fused-ring (bicyclic) bond motifs is 2. The molecule has 0 saturated carbocycles. The Morgan fingerprint density at radius 3 is 2.68 bits per heavy atom. The number of hydrogen-bond donors (Lipinski definition) is 2. The monoisotopic (exact) mass is 417 g/mol. The van der Waals surface area contributed by atoms with Gasteiger partial charge in [-0.15, -0.1) is 0 Å². The van der Waals surface area contributed by atoms with E-state index in [1.807, 2.05) is 12.1 Å². The van der Waals surface area contributed by atoms with Crippen LogP contribution in [0.25, 0.3) is 0 Å². The SMILES string of the molecule is O=C1CCC(N2Cc3cc(C(=O)N[C@@H]4CCCc5ccccc54)ccc3C2=O)C(=O)N1. The number of benzene rings is 2. The Morgan fingerprint density at radius 1 is 1.00 bits per heavy atom. The zero-order valence-electron chi connectivity index (χ0n) is 17.0. The van der Waals surface area contributed by atoms with Crippen LogP contribution in [-0.4, -0.2) is 34.6 Å². The van der Waals surface area contributed by atoms with Crippen LogP contribution >= 0.6 is 0 Å². The van der Waals surface area contributed by atoms with Crippen molar-refractivity contribution in [3.05, 3.63) is 70.3 Å². The number of imide groups is 1. The molecule has 0 radical (unpaired) electrons. The molecule has 2 aromatic carbocycles. The molecule has 2 aromatic rings. The zero-order valence-corrected chi connectivity index (χ0v) is 17.0. The fourth-order valence-corrected chi connectivity index (χ4v) is 4.86. The lowest BCUT2D eigenvalue weighted by Crippen LogP contribution is -2.52. The molecule has 1 fully saturated rings. The van der Waals surface area contributed by atoms with Crippen molar-refractivity contribution in [2.45, 2.75) is 50.7 Å². The van der Waals surface area contributed by atoms with E-state index in [2.05, 4.69) is 22.8 Å². The molecule has 5 rings (SSSR count). The normalized spacial score (nSPS) is 22.6. The van der Waals surface area contributed by atoms with E-state index in [1.54, 1.807) is 18.2 Å². The van der Waals surface area contributed by atoms with Crippen molar-refractivity contribution in [2.24, 2.45) is 0 Å². The molecule has 2 aliphatic heterocycles. The zero-order chi connectivity index (χ0) is 21.5. The molecule has 0 spiro atoms. The van der Waals surface area contributed by atoms with E-state index in [0.29, 0.717) is 17.5 Å². The highest BCUT2D eigenvalue weighted by molar-refractivity contribution is 6.06. The van der Waals surface area contributed by atoms with Crippen molar-refractivity contribution in [2.75, 3.05) is 0 Å². The van der Waals surface area contributed by atoms with Gasteiger partial charge in [-0.3, -0.25) is 24.5 Å². The van der Waals surface area contributed by atoms with Gasteiger partial charge in [0.2, 0.25) is 11.8 Å². The summed E-state index contributed by atoms with van der Waals surface area (Å²) >= 11 is 0. The van der Waals surface area contributed by atoms with Gasteiger partial charge in [-0.1, -0.05) is 24.3 Å². The van der Waals surface area contributed by atoms with Gasteiger partial charge in [-0.25, -0.2) is 0 Å². The van der Waals surface area contributed by atoms with E-state index >= 15 is 0 Å². The fraction of sp³-hybridized carbons (Fsp3) is 0.333. The first-order chi connectivity index (χ1) is 15.0. The summed E-state index contributed by atoms with van der Waals surface area (Å²) in [5.74, 6) is -1.16. The average Bonchev–Trinajstić information content (AvgIpc) is 3.09. The Kier molecular flexibility index (Phi) is 4.81. The number of nitrogens with one attached hydrogen (secondary N) is 2. The predicted molar refractivity (Wildman–Crippen MR) is 112 cm³/mol. The minimum atomic E-state index is -0.659. The molecule has 3 aliphatic rings. The van der Waals surface area contributed by atoms with Crippen LogP contribution in [0.2, 0.25) is 0 Å². The number of nitrogens with zero attached hydrogens (tertiary/aromatic N) is 1. The van der Waals surface area contributed by atoms with Crippen LogP contribution in [0, 0.1) is 0 Å². The van der Waals surface area contributed by atoms with E-state index < -0.39 is 11.9 Å². The highest BCUT2D eigenvalue weighted by atomic mass is 16.2. The van der Waals surface area contributed by atoms with Crippen molar-refractivity contribution < 1.29 is 19.2 Å². The van der Waals surface area contributed by atoms with Crippen LogP contribution in [0.3, 0.4) is 0 Å². The summed E-state index contributed by atoms with van der Waals surface area (Å²) in [6, 6.07) is 12.6. The molecule has 7 nitrogen and oxygen atoms in total. The molecule has 0 aromatic heterocycles. The highest BCUT2D eigenvalue weighted by Gasteiger charge is 2.39. The van der Waals surface area contributed by atoms with Crippen molar-refractivity contribution in [1.29, 1.82) is 0 Å². The molecule has 2 N–H and O–H groups in total. The molecule has 4 amide bonds. The lowest BCUT2D eigenvalue weighted by atomic mass is 9.87. The van der Waals surface area contributed by atoms with Crippen LogP contribution < -0.4 is 10.6 Å². The Hall–Kier alpha value is -3.48. The molecule has 7 heteroatoms. The summed E-state index contributed by atoms with van der Waals surface area (Å²) in [6.07, 6.45) is 3.49. The lowest BCUT2D eigenvalue weighted by Gasteiger charge is -2.29. The smallest absolute Gasteiger partial charge is 0.255 e. The number of carbonyl (C=O) groups is 4. The van der Waals surface area contributed by atoms with E-state index in [-0.39, 0.29) is 36.7 Å². The van der Waals surface area contributed by atoms with Crippen LogP contribution in [0.4, 0.5) is 0 Å². The highest BCUT2D eigenvalue weighted by Crippen LogP contribution is 2.31. The molecular formula is C24H23N3O4. The third kappa shape index (κ3) is 3.50. The molecule has 1 saturated heterocycles. The second-order valence-corrected chi connectivity index (χ2v) is 8.39. The Morgan fingerprint density at radius 2 is 1.84 bits per heavy atom. The maximum atomic E-state index is 13.0. The first-order valence-electron chi connectivity index (χ1n) is 10.7.